The fraction of sp³-hybridized carbons (Fsp3) is 0.105. The largest absolute Gasteiger partial charge is 0.403 e. The van der Waals surface area contributed by atoms with Gasteiger partial charge in [0.2, 0.25) is 5.89 Å². The number of hydrogen-bond donors (Lipinski definition) is 1. The zero-order valence-electron chi connectivity index (χ0n) is 13.8. The molecule has 0 unspecified atom stereocenters. The second kappa shape index (κ2) is 7.32. The number of amides is 1. The summed E-state index contributed by atoms with van der Waals surface area (Å²) >= 11 is 6.04. The van der Waals surface area contributed by atoms with Gasteiger partial charge < -0.3 is 4.42 Å². The number of halogens is 1. The van der Waals surface area contributed by atoms with E-state index in [0.717, 1.165) is 16.7 Å². The zero-order chi connectivity index (χ0) is 17.8. The highest BCUT2D eigenvalue weighted by Crippen LogP contribution is 2.22. The standard InChI is InChI=1S/C19H16ClN3O2/c1-12-7-8-15(11-13(12)2)18-22-23-19(25-18)21-17(24)10-9-14-5-3-4-6-16(14)20/h3-11H,1-2H3,(H,21,23,24). The van der Waals surface area contributed by atoms with Gasteiger partial charge in [0, 0.05) is 16.7 Å². The van der Waals surface area contributed by atoms with Crippen molar-refractivity contribution in [2.24, 2.45) is 0 Å². The molecule has 1 aromatic heterocycles. The van der Waals surface area contributed by atoms with Gasteiger partial charge in [0.05, 0.1) is 0 Å². The van der Waals surface area contributed by atoms with Gasteiger partial charge in [0.1, 0.15) is 0 Å². The molecule has 0 aliphatic rings. The predicted molar refractivity (Wildman–Crippen MR) is 98.3 cm³/mol. The molecule has 0 fully saturated rings. The molecule has 1 amide bonds. The van der Waals surface area contributed by atoms with E-state index < -0.39 is 0 Å². The molecular weight excluding hydrogens is 338 g/mol. The molecule has 0 saturated carbocycles. The third-order valence-electron chi connectivity index (χ3n) is 3.73. The van der Waals surface area contributed by atoms with Crippen LogP contribution in [0.15, 0.2) is 53.0 Å². The van der Waals surface area contributed by atoms with Gasteiger partial charge in [-0.05, 0) is 54.8 Å². The molecule has 3 rings (SSSR count). The van der Waals surface area contributed by atoms with Crippen LogP contribution in [0.4, 0.5) is 6.01 Å². The van der Waals surface area contributed by atoms with Crippen molar-refractivity contribution >= 4 is 29.6 Å². The summed E-state index contributed by atoms with van der Waals surface area (Å²) in [4.78, 5) is 12.0. The number of hydrogen-bond acceptors (Lipinski definition) is 4. The van der Waals surface area contributed by atoms with Gasteiger partial charge in [0.25, 0.3) is 5.91 Å². The van der Waals surface area contributed by atoms with Crippen molar-refractivity contribution in [3.05, 3.63) is 70.3 Å². The third kappa shape index (κ3) is 4.14. The Bertz CT molecular complexity index is 947. The van der Waals surface area contributed by atoms with Crippen molar-refractivity contribution in [1.29, 1.82) is 0 Å². The summed E-state index contributed by atoms with van der Waals surface area (Å²) in [6.45, 7) is 4.04. The normalized spacial score (nSPS) is 11.0. The first kappa shape index (κ1) is 16.9. The number of nitrogens with one attached hydrogen (secondary N) is 1. The lowest BCUT2D eigenvalue weighted by molar-refractivity contribution is -0.112. The van der Waals surface area contributed by atoms with Gasteiger partial charge in [-0.2, -0.15) is 0 Å². The van der Waals surface area contributed by atoms with Crippen LogP contribution in [0.1, 0.15) is 16.7 Å². The van der Waals surface area contributed by atoms with Crippen LogP contribution < -0.4 is 5.32 Å². The summed E-state index contributed by atoms with van der Waals surface area (Å²) in [5.41, 5.74) is 3.87. The van der Waals surface area contributed by atoms with E-state index in [0.29, 0.717) is 10.9 Å². The first-order valence-electron chi connectivity index (χ1n) is 7.67. The van der Waals surface area contributed by atoms with Crippen molar-refractivity contribution in [2.45, 2.75) is 13.8 Å². The molecule has 0 saturated heterocycles. The number of aryl methyl sites for hydroxylation is 2. The molecule has 3 aromatic rings. The van der Waals surface area contributed by atoms with E-state index >= 15 is 0 Å². The number of nitrogens with zero attached hydrogens (tertiary/aromatic N) is 2. The molecule has 6 heteroatoms. The van der Waals surface area contributed by atoms with Gasteiger partial charge in [-0.1, -0.05) is 41.0 Å². The molecule has 1 heterocycles. The molecule has 2 aromatic carbocycles. The second-order valence-corrected chi connectivity index (χ2v) is 5.96. The summed E-state index contributed by atoms with van der Waals surface area (Å²) < 4.78 is 5.50. The van der Waals surface area contributed by atoms with Crippen LogP contribution in [0.3, 0.4) is 0 Å². The summed E-state index contributed by atoms with van der Waals surface area (Å²) in [5, 5.41) is 10.9. The van der Waals surface area contributed by atoms with Crippen molar-refractivity contribution in [1.82, 2.24) is 10.2 Å². The lowest BCUT2D eigenvalue weighted by atomic mass is 10.1. The zero-order valence-corrected chi connectivity index (χ0v) is 14.5. The highest BCUT2D eigenvalue weighted by Gasteiger charge is 2.10. The van der Waals surface area contributed by atoms with E-state index in [-0.39, 0.29) is 11.9 Å². The highest BCUT2D eigenvalue weighted by molar-refractivity contribution is 6.32. The van der Waals surface area contributed by atoms with Gasteiger partial charge in [-0.15, -0.1) is 5.10 Å². The Hall–Kier alpha value is -2.92. The van der Waals surface area contributed by atoms with Crippen molar-refractivity contribution in [2.75, 3.05) is 5.32 Å². The number of carbonyl (C=O) groups is 1. The lowest BCUT2D eigenvalue weighted by Gasteiger charge is -2.01. The number of anilines is 1. The van der Waals surface area contributed by atoms with Crippen molar-refractivity contribution < 1.29 is 9.21 Å². The van der Waals surface area contributed by atoms with Crippen LogP contribution in [-0.4, -0.2) is 16.1 Å². The molecular formula is C19H16ClN3O2. The Balaban J connectivity index is 1.69. The van der Waals surface area contributed by atoms with Crippen LogP contribution in [0.5, 0.6) is 0 Å². The Morgan fingerprint density at radius 3 is 2.68 bits per heavy atom. The average molecular weight is 354 g/mol. The van der Waals surface area contributed by atoms with E-state index in [1.165, 1.54) is 11.6 Å². The highest BCUT2D eigenvalue weighted by atomic mass is 35.5. The monoisotopic (exact) mass is 353 g/mol. The summed E-state index contributed by atoms with van der Waals surface area (Å²) in [6, 6.07) is 13.1. The van der Waals surface area contributed by atoms with Gasteiger partial charge in [0.15, 0.2) is 0 Å². The van der Waals surface area contributed by atoms with Crippen LogP contribution in [-0.2, 0) is 4.79 Å². The van der Waals surface area contributed by atoms with Crippen LogP contribution in [0.2, 0.25) is 5.02 Å². The molecule has 0 aliphatic heterocycles. The lowest BCUT2D eigenvalue weighted by Crippen LogP contribution is -2.07. The minimum atomic E-state index is -0.379. The minimum absolute atomic E-state index is 0.0436. The SMILES string of the molecule is Cc1ccc(-c2nnc(NC(=O)C=Cc3ccccc3Cl)o2)cc1C. The average Bonchev–Trinajstić information content (AvgIpc) is 3.05. The van der Waals surface area contributed by atoms with Crippen LogP contribution >= 0.6 is 11.6 Å². The van der Waals surface area contributed by atoms with Gasteiger partial charge in [-0.3, -0.25) is 10.1 Å². The molecule has 25 heavy (non-hydrogen) atoms. The van der Waals surface area contributed by atoms with E-state index in [2.05, 4.69) is 15.5 Å². The minimum Gasteiger partial charge on any atom is -0.403 e. The summed E-state index contributed by atoms with van der Waals surface area (Å²) in [5.74, 6) is -0.0244. The maximum atomic E-state index is 12.0. The van der Waals surface area contributed by atoms with Crippen molar-refractivity contribution in [3.8, 4) is 11.5 Å². The first-order chi connectivity index (χ1) is 12.0. The van der Waals surface area contributed by atoms with E-state index in [9.17, 15) is 4.79 Å². The summed E-state index contributed by atoms with van der Waals surface area (Å²) in [6.07, 6.45) is 2.99. The number of aromatic nitrogens is 2. The van der Waals surface area contributed by atoms with E-state index in [1.54, 1.807) is 12.1 Å². The molecule has 126 valence electrons. The quantitative estimate of drug-likeness (QED) is 0.693. The topological polar surface area (TPSA) is 68.0 Å². The van der Waals surface area contributed by atoms with E-state index in [4.69, 9.17) is 16.0 Å². The van der Waals surface area contributed by atoms with Gasteiger partial charge in [-0.25, -0.2) is 0 Å². The number of carbonyl (C=O) groups excluding carboxylic acids is 1. The predicted octanol–water partition coefficient (Wildman–Crippen LogP) is 4.66. The Labute approximate surface area is 150 Å². The molecule has 0 radical (unpaired) electrons. The maximum Gasteiger partial charge on any atom is 0.322 e. The molecule has 0 atom stereocenters. The van der Waals surface area contributed by atoms with Crippen LogP contribution in [0.25, 0.3) is 17.5 Å². The molecule has 0 bridgehead atoms. The first-order valence-corrected chi connectivity index (χ1v) is 8.05. The fourth-order valence-electron chi connectivity index (χ4n) is 2.19. The van der Waals surface area contributed by atoms with E-state index in [1.807, 2.05) is 50.2 Å². The summed E-state index contributed by atoms with van der Waals surface area (Å²) in [7, 11) is 0. The number of rotatable bonds is 4. The molecule has 5 nitrogen and oxygen atoms in total. The molecule has 0 spiro atoms. The maximum absolute atomic E-state index is 12.0. The Morgan fingerprint density at radius 2 is 1.92 bits per heavy atom. The molecule has 0 aliphatic carbocycles. The van der Waals surface area contributed by atoms with Gasteiger partial charge >= 0.3 is 6.01 Å². The molecule has 1 N–H and O–H groups in total. The Morgan fingerprint density at radius 1 is 1.12 bits per heavy atom. The number of benzene rings is 2. The van der Waals surface area contributed by atoms with Crippen molar-refractivity contribution in [3.63, 3.8) is 0 Å². The third-order valence-corrected chi connectivity index (χ3v) is 4.07. The smallest absolute Gasteiger partial charge is 0.322 e. The Kier molecular flexibility index (Phi) is 4.95. The fourth-order valence-corrected chi connectivity index (χ4v) is 2.39. The second-order valence-electron chi connectivity index (χ2n) is 5.56. The van der Waals surface area contributed by atoms with Crippen LogP contribution in [0, 0.1) is 13.8 Å².